The van der Waals surface area contributed by atoms with Crippen LogP contribution in [0, 0.1) is 5.92 Å². The zero-order valence-corrected chi connectivity index (χ0v) is 10.6. The second-order valence-electron chi connectivity index (χ2n) is 4.66. The number of ether oxygens (including phenoxy) is 1. The van der Waals surface area contributed by atoms with Crippen LogP contribution in [-0.4, -0.2) is 50.2 Å². The minimum absolute atomic E-state index is 0. The van der Waals surface area contributed by atoms with Crippen LogP contribution in [0.2, 0.25) is 0 Å². The fourth-order valence-corrected chi connectivity index (χ4v) is 1.84. The van der Waals surface area contributed by atoms with Crippen LogP contribution in [0.15, 0.2) is 0 Å². The maximum atomic E-state index is 11.6. The van der Waals surface area contributed by atoms with E-state index in [2.05, 4.69) is 5.32 Å². The predicted octanol–water partition coefficient (Wildman–Crippen LogP) is 0.655. The third-order valence-corrected chi connectivity index (χ3v) is 3.37. The maximum absolute atomic E-state index is 11.6. The molecule has 5 heteroatoms. The molecule has 0 bridgehead atoms. The molecule has 16 heavy (non-hydrogen) atoms. The summed E-state index contributed by atoms with van der Waals surface area (Å²) >= 11 is 0. The average molecular weight is 249 g/mol. The zero-order chi connectivity index (χ0) is 10.7. The number of hydrogen-bond acceptors (Lipinski definition) is 3. The number of amides is 1. The highest BCUT2D eigenvalue weighted by Crippen LogP contribution is 2.26. The van der Waals surface area contributed by atoms with Crippen LogP contribution < -0.4 is 5.32 Å². The molecule has 0 spiro atoms. The van der Waals surface area contributed by atoms with Gasteiger partial charge in [0.15, 0.2) is 0 Å². The van der Waals surface area contributed by atoms with Gasteiger partial charge in [0.05, 0.1) is 6.10 Å². The number of carbonyl (C=O) groups is 1. The van der Waals surface area contributed by atoms with Gasteiger partial charge >= 0.3 is 0 Å². The monoisotopic (exact) mass is 248 g/mol. The molecule has 2 aliphatic rings. The summed E-state index contributed by atoms with van der Waals surface area (Å²) < 4.78 is 5.44. The summed E-state index contributed by atoms with van der Waals surface area (Å²) in [6.45, 7) is 2.93. The molecule has 2 rings (SSSR count). The Morgan fingerprint density at radius 1 is 1.44 bits per heavy atom. The second kappa shape index (κ2) is 6.42. The Bertz CT molecular complexity index is 230. The van der Waals surface area contributed by atoms with Crippen LogP contribution in [0.1, 0.15) is 19.3 Å². The molecule has 1 aliphatic carbocycles. The van der Waals surface area contributed by atoms with Crippen molar-refractivity contribution >= 4 is 18.3 Å². The van der Waals surface area contributed by atoms with Gasteiger partial charge in [-0.1, -0.05) is 6.42 Å². The van der Waals surface area contributed by atoms with Gasteiger partial charge in [-0.05, 0) is 18.8 Å². The number of nitrogens with zero attached hydrogens (tertiary/aromatic N) is 1. The molecule has 0 aromatic carbocycles. The quantitative estimate of drug-likeness (QED) is 0.777. The Balaban J connectivity index is 0.00000128. The maximum Gasteiger partial charge on any atom is 0.248 e. The van der Waals surface area contributed by atoms with E-state index in [1.165, 1.54) is 19.3 Å². The predicted molar refractivity (Wildman–Crippen MR) is 64.8 cm³/mol. The lowest BCUT2D eigenvalue weighted by atomic mass is 9.85. The lowest BCUT2D eigenvalue weighted by molar-refractivity contribution is -0.138. The van der Waals surface area contributed by atoms with Crippen LogP contribution >= 0.6 is 12.4 Å². The number of likely N-dealkylation sites (N-methyl/N-ethyl adjacent to an activating group) is 1. The number of nitrogens with one attached hydrogen (secondary N) is 1. The first kappa shape index (κ1) is 13.7. The molecule has 0 aromatic rings. The molecule has 1 saturated heterocycles. The van der Waals surface area contributed by atoms with E-state index in [0.717, 1.165) is 25.6 Å². The molecule has 0 radical (unpaired) electrons. The van der Waals surface area contributed by atoms with Gasteiger partial charge in [-0.25, -0.2) is 0 Å². The van der Waals surface area contributed by atoms with E-state index >= 15 is 0 Å². The third kappa shape index (κ3) is 3.61. The van der Waals surface area contributed by atoms with Crippen molar-refractivity contribution in [2.75, 3.05) is 33.3 Å². The average Bonchev–Trinajstić information content (AvgIpc) is 2.08. The molecular formula is C11H21ClN2O2. The van der Waals surface area contributed by atoms with Gasteiger partial charge in [-0.2, -0.15) is 0 Å². The lowest BCUT2D eigenvalue weighted by Gasteiger charge is -2.31. The first-order chi connectivity index (χ1) is 7.25. The van der Waals surface area contributed by atoms with Crippen molar-refractivity contribution in [3.63, 3.8) is 0 Å². The third-order valence-electron chi connectivity index (χ3n) is 3.37. The summed E-state index contributed by atoms with van der Waals surface area (Å²) in [6.07, 6.45) is 4.15. The Kier molecular flexibility index (Phi) is 5.52. The molecule has 0 aromatic heterocycles. The minimum atomic E-state index is 0. The number of rotatable bonds is 5. The van der Waals surface area contributed by atoms with E-state index in [9.17, 15) is 4.79 Å². The van der Waals surface area contributed by atoms with Crippen molar-refractivity contribution in [2.24, 2.45) is 5.92 Å². The van der Waals surface area contributed by atoms with Crippen molar-refractivity contribution < 1.29 is 9.53 Å². The first-order valence-corrected chi connectivity index (χ1v) is 5.82. The smallest absolute Gasteiger partial charge is 0.248 e. The number of halogens is 1. The van der Waals surface area contributed by atoms with E-state index in [-0.39, 0.29) is 31.0 Å². The highest BCUT2D eigenvalue weighted by molar-refractivity contribution is 5.85. The Morgan fingerprint density at radius 3 is 2.56 bits per heavy atom. The highest BCUT2D eigenvalue weighted by Gasteiger charge is 2.23. The van der Waals surface area contributed by atoms with Gasteiger partial charge < -0.3 is 15.0 Å². The Morgan fingerprint density at radius 2 is 2.12 bits per heavy atom. The molecule has 1 heterocycles. The van der Waals surface area contributed by atoms with Gasteiger partial charge in [-0.3, -0.25) is 4.79 Å². The molecule has 1 amide bonds. The summed E-state index contributed by atoms with van der Waals surface area (Å²) in [5, 5.41) is 3.11. The molecule has 0 atom stereocenters. The summed E-state index contributed by atoms with van der Waals surface area (Å²) in [4.78, 5) is 13.5. The van der Waals surface area contributed by atoms with Crippen molar-refractivity contribution in [2.45, 2.75) is 25.4 Å². The summed E-state index contributed by atoms with van der Waals surface area (Å²) in [5.41, 5.74) is 0. The second-order valence-corrected chi connectivity index (χ2v) is 4.66. The fraction of sp³-hybridized carbons (Fsp3) is 0.909. The van der Waals surface area contributed by atoms with Crippen molar-refractivity contribution in [3.05, 3.63) is 0 Å². The number of hydrogen-bond donors (Lipinski definition) is 1. The zero-order valence-electron chi connectivity index (χ0n) is 9.78. The summed E-state index contributed by atoms with van der Waals surface area (Å²) in [7, 11) is 1.88. The van der Waals surface area contributed by atoms with Crippen LogP contribution in [0.3, 0.4) is 0 Å². The normalized spacial score (nSPS) is 20.6. The molecule has 2 fully saturated rings. The molecular weight excluding hydrogens is 228 g/mol. The summed E-state index contributed by atoms with van der Waals surface area (Å²) in [5.74, 6) is 0.859. The van der Waals surface area contributed by atoms with Gasteiger partial charge in [0, 0.05) is 26.7 Å². The van der Waals surface area contributed by atoms with E-state index in [4.69, 9.17) is 4.74 Å². The molecule has 4 nitrogen and oxygen atoms in total. The summed E-state index contributed by atoms with van der Waals surface area (Å²) in [6, 6.07) is 0. The van der Waals surface area contributed by atoms with Crippen molar-refractivity contribution in [1.29, 1.82) is 0 Å². The van der Waals surface area contributed by atoms with E-state index < -0.39 is 0 Å². The fourth-order valence-electron chi connectivity index (χ4n) is 1.84. The Labute approximate surface area is 103 Å². The standard InChI is InChI=1S/C11H20N2O2.ClH/c1-13(7-9-3-2-4-9)11(14)8-15-10-5-12-6-10;/h9-10,12H,2-8H2,1H3;1H. The van der Waals surface area contributed by atoms with Crippen molar-refractivity contribution in [1.82, 2.24) is 10.2 Å². The van der Waals surface area contributed by atoms with E-state index in [1.54, 1.807) is 0 Å². The largest absolute Gasteiger partial charge is 0.366 e. The van der Waals surface area contributed by atoms with Crippen LogP contribution in [0.4, 0.5) is 0 Å². The van der Waals surface area contributed by atoms with Gasteiger partial charge in [-0.15, -0.1) is 12.4 Å². The molecule has 1 saturated carbocycles. The van der Waals surface area contributed by atoms with Crippen LogP contribution in [0.25, 0.3) is 0 Å². The van der Waals surface area contributed by atoms with Gasteiger partial charge in [0.25, 0.3) is 0 Å². The van der Waals surface area contributed by atoms with Gasteiger partial charge in [0.1, 0.15) is 6.61 Å². The molecule has 94 valence electrons. The Hall–Kier alpha value is -0.320. The molecule has 1 N–H and O–H groups in total. The molecule has 1 aliphatic heterocycles. The molecule has 0 unspecified atom stereocenters. The van der Waals surface area contributed by atoms with E-state index in [0.29, 0.717) is 0 Å². The van der Waals surface area contributed by atoms with Crippen LogP contribution in [0.5, 0.6) is 0 Å². The highest BCUT2D eigenvalue weighted by atomic mass is 35.5. The lowest BCUT2D eigenvalue weighted by Crippen LogP contribution is -2.49. The SMILES string of the molecule is CN(CC1CCC1)C(=O)COC1CNC1.Cl. The minimum Gasteiger partial charge on any atom is -0.366 e. The van der Waals surface area contributed by atoms with Crippen molar-refractivity contribution in [3.8, 4) is 0 Å². The number of carbonyl (C=O) groups excluding carboxylic acids is 1. The van der Waals surface area contributed by atoms with Crippen LogP contribution in [-0.2, 0) is 9.53 Å². The first-order valence-electron chi connectivity index (χ1n) is 5.82. The van der Waals surface area contributed by atoms with Gasteiger partial charge in [0.2, 0.25) is 5.91 Å². The van der Waals surface area contributed by atoms with E-state index in [1.807, 2.05) is 11.9 Å². The topological polar surface area (TPSA) is 41.6 Å².